The maximum atomic E-state index is 5.90. The first-order valence-corrected chi connectivity index (χ1v) is 13.5. The van der Waals surface area contributed by atoms with Crippen molar-refractivity contribution in [1.82, 2.24) is 4.98 Å². The maximum absolute atomic E-state index is 5.90. The minimum atomic E-state index is 0.582. The van der Waals surface area contributed by atoms with Crippen LogP contribution in [-0.2, 0) is 6.42 Å². The number of nitrogens with zero attached hydrogens (tertiary/aromatic N) is 1. The zero-order chi connectivity index (χ0) is 25.9. The van der Waals surface area contributed by atoms with Gasteiger partial charge in [0.2, 0.25) is 0 Å². The van der Waals surface area contributed by atoms with Crippen LogP contribution in [0.25, 0.3) is 22.4 Å². The van der Waals surface area contributed by atoms with E-state index in [1.165, 1.54) is 31.2 Å². The summed E-state index contributed by atoms with van der Waals surface area (Å²) in [4.78, 5) is 4.63. The summed E-state index contributed by atoms with van der Waals surface area (Å²) in [6, 6.07) is 27.4. The molecule has 0 fully saturated rings. The summed E-state index contributed by atoms with van der Waals surface area (Å²) < 4.78 is 11.6. The average Bonchev–Trinajstić information content (AvgIpc) is 2.93. The van der Waals surface area contributed by atoms with Gasteiger partial charge in [0.05, 0.1) is 18.9 Å². The van der Waals surface area contributed by atoms with Crippen molar-refractivity contribution in [2.75, 3.05) is 18.5 Å². The van der Waals surface area contributed by atoms with Gasteiger partial charge in [-0.25, -0.2) is 0 Å². The van der Waals surface area contributed by atoms with Crippen LogP contribution < -0.4 is 14.8 Å². The Hall–Kier alpha value is -3.79. The van der Waals surface area contributed by atoms with Crippen LogP contribution >= 0.6 is 0 Å². The number of unbranched alkanes of at least 4 members (excludes halogenated alkanes) is 3. The molecule has 0 unspecified atom stereocenters. The Morgan fingerprint density at radius 1 is 0.676 bits per heavy atom. The van der Waals surface area contributed by atoms with Gasteiger partial charge in [-0.05, 0) is 91.9 Å². The SMILES string of the molecule is CCCCCCc1ccc(Nc2ccc(-c3ccnc(-c4ccc(OCC)cc4OCC)c3)cc2)cc1. The van der Waals surface area contributed by atoms with Crippen LogP contribution in [0.15, 0.2) is 85.1 Å². The molecule has 4 aromatic rings. The van der Waals surface area contributed by atoms with E-state index in [-0.39, 0.29) is 0 Å². The average molecular weight is 495 g/mol. The topological polar surface area (TPSA) is 43.4 Å². The lowest BCUT2D eigenvalue weighted by atomic mass is 10.0. The number of nitrogens with one attached hydrogen (secondary N) is 1. The molecule has 0 atom stereocenters. The van der Waals surface area contributed by atoms with E-state index in [1.54, 1.807) is 0 Å². The van der Waals surface area contributed by atoms with Crippen molar-refractivity contribution in [3.63, 3.8) is 0 Å². The van der Waals surface area contributed by atoms with Gasteiger partial charge in [-0.1, -0.05) is 50.5 Å². The first kappa shape index (κ1) is 26.3. The summed E-state index contributed by atoms with van der Waals surface area (Å²) in [7, 11) is 0. The van der Waals surface area contributed by atoms with Crippen LogP contribution in [0, 0.1) is 0 Å². The number of benzene rings is 3. The second-order valence-corrected chi connectivity index (χ2v) is 9.16. The van der Waals surface area contributed by atoms with Crippen molar-refractivity contribution in [1.29, 1.82) is 0 Å². The molecule has 0 spiro atoms. The monoisotopic (exact) mass is 494 g/mol. The summed E-state index contributed by atoms with van der Waals surface area (Å²) in [6.45, 7) is 7.42. The van der Waals surface area contributed by atoms with E-state index < -0.39 is 0 Å². The number of aryl methyl sites for hydroxylation is 1. The van der Waals surface area contributed by atoms with Gasteiger partial charge in [-0.3, -0.25) is 4.98 Å². The van der Waals surface area contributed by atoms with Crippen LogP contribution in [-0.4, -0.2) is 18.2 Å². The third-order valence-electron chi connectivity index (χ3n) is 6.38. The molecule has 4 nitrogen and oxygen atoms in total. The van der Waals surface area contributed by atoms with E-state index in [2.05, 4.69) is 71.8 Å². The molecule has 0 saturated carbocycles. The molecule has 1 aromatic heterocycles. The van der Waals surface area contributed by atoms with Crippen molar-refractivity contribution in [2.24, 2.45) is 0 Å². The molecule has 1 N–H and O–H groups in total. The second kappa shape index (κ2) is 13.5. The molecule has 192 valence electrons. The Morgan fingerprint density at radius 3 is 2.11 bits per heavy atom. The molecule has 0 aliphatic heterocycles. The standard InChI is InChI=1S/C33H38N2O2/c1-4-7-8-9-10-25-11-15-28(16-12-25)35-29-17-13-26(14-18-29)27-21-22-34-32(23-27)31-20-19-30(36-5-2)24-33(31)37-6-3/h11-24,35H,4-10H2,1-3H3. The summed E-state index contributed by atoms with van der Waals surface area (Å²) in [5.74, 6) is 1.58. The van der Waals surface area contributed by atoms with E-state index in [1.807, 2.05) is 44.3 Å². The van der Waals surface area contributed by atoms with Gasteiger partial charge >= 0.3 is 0 Å². The van der Waals surface area contributed by atoms with E-state index in [4.69, 9.17) is 9.47 Å². The van der Waals surface area contributed by atoms with Crippen LogP contribution in [0.2, 0.25) is 0 Å². The summed E-state index contributed by atoms with van der Waals surface area (Å²) in [6.07, 6.45) is 8.20. The molecule has 0 aliphatic carbocycles. The Kier molecular flexibility index (Phi) is 9.59. The molecule has 37 heavy (non-hydrogen) atoms. The fourth-order valence-electron chi connectivity index (χ4n) is 4.43. The first-order chi connectivity index (χ1) is 18.2. The number of aromatic nitrogens is 1. The van der Waals surface area contributed by atoms with Crippen LogP contribution in [0.1, 0.15) is 52.0 Å². The number of hydrogen-bond donors (Lipinski definition) is 1. The molecule has 0 bridgehead atoms. The highest BCUT2D eigenvalue weighted by molar-refractivity contribution is 5.75. The molecule has 0 radical (unpaired) electrons. The molecule has 0 saturated heterocycles. The Morgan fingerprint density at radius 2 is 1.41 bits per heavy atom. The second-order valence-electron chi connectivity index (χ2n) is 9.16. The van der Waals surface area contributed by atoms with Crippen LogP contribution in [0.4, 0.5) is 11.4 Å². The first-order valence-electron chi connectivity index (χ1n) is 13.5. The molecular weight excluding hydrogens is 456 g/mol. The Labute approximate surface area is 221 Å². The third kappa shape index (κ3) is 7.36. The van der Waals surface area contributed by atoms with Gasteiger partial charge in [0, 0.05) is 29.2 Å². The molecule has 4 heteroatoms. The van der Waals surface area contributed by atoms with E-state index in [9.17, 15) is 0 Å². The lowest BCUT2D eigenvalue weighted by Gasteiger charge is -2.13. The fraction of sp³-hybridized carbons (Fsp3) is 0.303. The predicted molar refractivity (Wildman–Crippen MR) is 155 cm³/mol. The lowest BCUT2D eigenvalue weighted by molar-refractivity contribution is 0.324. The van der Waals surface area contributed by atoms with Gasteiger partial charge in [-0.2, -0.15) is 0 Å². The zero-order valence-electron chi connectivity index (χ0n) is 22.3. The lowest BCUT2D eigenvalue weighted by Crippen LogP contribution is -1.98. The molecule has 1 heterocycles. The predicted octanol–water partition coefficient (Wildman–Crippen LogP) is 9.08. The summed E-state index contributed by atoms with van der Waals surface area (Å²) in [5, 5.41) is 3.52. The van der Waals surface area contributed by atoms with Crippen molar-refractivity contribution >= 4 is 11.4 Å². The van der Waals surface area contributed by atoms with E-state index in [0.717, 1.165) is 51.7 Å². The largest absolute Gasteiger partial charge is 0.494 e. The molecule has 0 amide bonds. The van der Waals surface area contributed by atoms with Crippen molar-refractivity contribution in [2.45, 2.75) is 52.9 Å². The number of rotatable bonds is 13. The Bertz CT molecular complexity index is 1250. The minimum Gasteiger partial charge on any atom is -0.494 e. The van der Waals surface area contributed by atoms with Crippen molar-refractivity contribution in [3.05, 3.63) is 90.6 Å². The molecular formula is C33H38N2O2. The van der Waals surface area contributed by atoms with Gasteiger partial charge in [-0.15, -0.1) is 0 Å². The number of hydrogen-bond acceptors (Lipinski definition) is 4. The minimum absolute atomic E-state index is 0.582. The summed E-state index contributed by atoms with van der Waals surface area (Å²) in [5.41, 5.74) is 7.67. The van der Waals surface area contributed by atoms with Gasteiger partial charge in [0.25, 0.3) is 0 Å². The van der Waals surface area contributed by atoms with Gasteiger partial charge < -0.3 is 14.8 Å². The zero-order valence-corrected chi connectivity index (χ0v) is 22.3. The highest BCUT2D eigenvalue weighted by Crippen LogP contribution is 2.34. The van der Waals surface area contributed by atoms with E-state index >= 15 is 0 Å². The number of ether oxygens (including phenoxy) is 2. The molecule has 4 rings (SSSR count). The number of pyridine rings is 1. The fourth-order valence-corrected chi connectivity index (χ4v) is 4.43. The highest BCUT2D eigenvalue weighted by Gasteiger charge is 2.11. The van der Waals surface area contributed by atoms with Crippen LogP contribution in [0.3, 0.4) is 0 Å². The van der Waals surface area contributed by atoms with Crippen molar-refractivity contribution in [3.8, 4) is 33.9 Å². The third-order valence-corrected chi connectivity index (χ3v) is 6.38. The smallest absolute Gasteiger partial charge is 0.132 e. The van der Waals surface area contributed by atoms with E-state index in [0.29, 0.717) is 13.2 Å². The normalized spacial score (nSPS) is 10.8. The number of anilines is 2. The molecule has 3 aromatic carbocycles. The van der Waals surface area contributed by atoms with Gasteiger partial charge in [0.1, 0.15) is 11.5 Å². The molecule has 0 aliphatic rings. The quantitative estimate of drug-likeness (QED) is 0.188. The maximum Gasteiger partial charge on any atom is 0.132 e. The van der Waals surface area contributed by atoms with Gasteiger partial charge in [0.15, 0.2) is 0 Å². The summed E-state index contributed by atoms with van der Waals surface area (Å²) >= 11 is 0. The highest BCUT2D eigenvalue weighted by atomic mass is 16.5. The van der Waals surface area contributed by atoms with Crippen LogP contribution in [0.5, 0.6) is 11.5 Å². The Balaban J connectivity index is 1.45. The van der Waals surface area contributed by atoms with Crippen molar-refractivity contribution < 1.29 is 9.47 Å².